The molecular formula is C17H15ClF3N3O3. The SMILES string of the molecule is COc1ccc(CN2C(=O)CC(C(F)(F)F)c3c(Cl)ncnc32)c(OC)c1. The van der Waals surface area contributed by atoms with Gasteiger partial charge in [-0.05, 0) is 12.1 Å². The van der Waals surface area contributed by atoms with Gasteiger partial charge in [-0.25, -0.2) is 9.97 Å². The summed E-state index contributed by atoms with van der Waals surface area (Å²) in [5, 5.41) is -0.318. The summed E-state index contributed by atoms with van der Waals surface area (Å²) in [4.78, 5) is 21.2. The summed E-state index contributed by atoms with van der Waals surface area (Å²) in [6.45, 7) is -0.0308. The number of rotatable bonds is 4. The highest BCUT2D eigenvalue weighted by Crippen LogP contribution is 2.47. The minimum absolute atomic E-state index is 0.0308. The van der Waals surface area contributed by atoms with Crippen LogP contribution >= 0.6 is 11.6 Å². The van der Waals surface area contributed by atoms with Crippen LogP contribution in [0, 0.1) is 0 Å². The number of fused-ring (bicyclic) bond motifs is 1. The van der Waals surface area contributed by atoms with E-state index in [1.165, 1.54) is 14.2 Å². The predicted octanol–water partition coefficient (Wildman–Crippen LogP) is 3.73. The van der Waals surface area contributed by atoms with Gasteiger partial charge in [0.25, 0.3) is 0 Å². The van der Waals surface area contributed by atoms with Crippen LogP contribution in [0.25, 0.3) is 0 Å². The van der Waals surface area contributed by atoms with E-state index in [0.717, 1.165) is 11.2 Å². The minimum atomic E-state index is -4.64. The Morgan fingerprint density at radius 1 is 1.26 bits per heavy atom. The number of benzene rings is 1. The molecule has 1 aromatic carbocycles. The molecule has 3 rings (SSSR count). The summed E-state index contributed by atoms with van der Waals surface area (Å²) in [6.07, 6.45) is -4.36. The number of halogens is 4. The predicted molar refractivity (Wildman–Crippen MR) is 91.2 cm³/mol. The molecule has 27 heavy (non-hydrogen) atoms. The summed E-state index contributed by atoms with van der Waals surface area (Å²) < 4.78 is 50.6. The van der Waals surface area contributed by atoms with Gasteiger partial charge in [0.1, 0.15) is 28.8 Å². The zero-order valence-corrected chi connectivity index (χ0v) is 15.1. The Labute approximate surface area is 157 Å². The molecule has 0 N–H and O–H groups in total. The number of anilines is 1. The van der Waals surface area contributed by atoms with Crippen molar-refractivity contribution in [3.8, 4) is 11.5 Å². The normalized spacial score (nSPS) is 16.9. The molecule has 1 amide bonds. The van der Waals surface area contributed by atoms with Crippen LogP contribution in [-0.4, -0.2) is 36.3 Å². The number of carbonyl (C=O) groups is 1. The molecule has 144 valence electrons. The summed E-state index contributed by atoms with van der Waals surface area (Å²) in [7, 11) is 2.94. The maximum Gasteiger partial charge on any atom is 0.396 e. The van der Waals surface area contributed by atoms with E-state index >= 15 is 0 Å². The first kappa shape index (κ1) is 19.2. The second-order valence-electron chi connectivity index (χ2n) is 5.86. The first-order chi connectivity index (χ1) is 12.8. The fourth-order valence-electron chi connectivity index (χ4n) is 2.98. The van der Waals surface area contributed by atoms with Crippen molar-refractivity contribution in [2.75, 3.05) is 19.1 Å². The van der Waals surface area contributed by atoms with E-state index in [1.54, 1.807) is 18.2 Å². The zero-order chi connectivity index (χ0) is 19.8. The average Bonchev–Trinajstić information content (AvgIpc) is 2.63. The molecule has 0 aliphatic carbocycles. The molecule has 2 heterocycles. The number of amides is 1. The second-order valence-corrected chi connectivity index (χ2v) is 6.22. The van der Waals surface area contributed by atoms with Gasteiger partial charge in [-0.1, -0.05) is 11.6 Å². The molecule has 1 aromatic heterocycles. The maximum atomic E-state index is 13.4. The maximum absolute atomic E-state index is 13.4. The molecule has 1 unspecified atom stereocenters. The van der Waals surface area contributed by atoms with E-state index < -0.39 is 24.4 Å². The van der Waals surface area contributed by atoms with Crippen molar-refractivity contribution in [3.63, 3.8) is 0 Å². The molecule has 0 fully saturated rings. The van der Waals surface area contributed by atoms with Crippen molar-refractivity contribution in [1.82, 2.24) is 9.97 Å². The number of hydrogen-bond acceptors (Lipinski definition) is 5. The molecule has 10 heteroatoms. The van der Waals surface area contributed by atoms with Gasteiger partial charge >= 0.3 is 6.18 Å². The summed E-state index contributed by atoms with van der Waals surface area (Å²) in [5.74, 6) is -1.92. The number of nitrogens with zero attached hydrogens (tertiary/aromatic N) is 3. The highest BCUT2D eigenvalue weighted by Gasteiger charge is 2.49. The van der Waals surface area contributed by atoms with Gasteiger partial charge in [-0.3, -0.25) is 9.69 Å². The molecule has 1 aliphatic rings. The quantitative estimate of drug-likeness (QED) is 0.730. The number of ether oxygens (including phenoxy) is 2. The van der Waals surface area contributed by atoms with Crippen LogP contribution in [0.15, 0.2) is 24.5 Å². The zero-order valence-electron chi connectivity index (χ0n) is 14.4. The largest absolute Gasteiger partial charge is 0.497 e. The van der Waals surface area contributed by atoms with Crippen LogP contribution in [0.1, 0.15) is 23.5 Å². The highest BCUT2D eigenvalue weighted by molar-refractivity contribution is 6.30. The minimum Gasteiger partial charge on any atom is -0.497 e. The molecule has 0 radical (unpaired) electrons. The number of methoxy groups -OCH3 is 2. The molecule has 0 bridgehead atoms. The Bertz CT molecular complexity index is 876. The third kappa shape index (κ3) is 3.64. The lowest BCUT2D eigenvalue weighted by Gasteiger charge is -2.34. The van der Waals surface area contributed by atoms with Crippen LogP contribution < -0.4 is 14.4 Å². The average molecular weight is 402 g/mol. The van der Waals surface area contributed by atoms with Crippen molar-refractivity contribution in [3.05, 3.63) is 40.8 Å². The highest BCUT2D eigenvalue weighted by atomic mass is 35.5. The Balaban J connectivity index is 2.05. The summed E-state index contributed by atoms with van der Waals surface area (Å²) in [6, 6.07) is 4.96. The van der Waals surface area contributed by atoms with Gasteiger partial charge in [0, 0.05) is 23.6 Å². The summed E-state index contributed by atoms with van der Waals surface area (Å²) >= 11 is 5.93. The van der Waals surface area contributed by atoms with Gasteiger partial charge in [0.15, 0.2) is 0 Å². The van der Waals surface area contributed by atoms with Crippen molar-refractivity contribution < 1.29 is 27.4 Å². The van der Waals surface area contributed by atoms with Gasteiger partial charge in [0.2, 0.25) is 5.91 Å². The topological polar surface area (TPSA) is 64.5 Å². The van der Waals surface area contributed by atoms with Crippen LogP contribution in [0.2, 0.25) is 5.15 Å². The van der Waals surface area contributed by atoms with Gasteiger partial charge < -0.3 is 9.47 Å². The van der Waals surface area contributed by atoms with Crippen molar-refractivity contribution in [2.45, 2.75) is 25.1 Å². The fourth-order valence-corrected chi connectivity index (χ4v) is 3.24. The Kier molecular flexibility index (Phi) is 5.14. The fraction of sp³-hybridized carbons (Fsp3) is 0.353. The van der Waals surface area contributed by atoms with Crippen molar-refractivity contribution in [1.29, 1.82) is 0 Å². The lowest BCUT2D eigenvalue weighted by atomic mass is 9.91. The monoisotopic (exact) mass is 401 g/mol. The van der Waals surface area contributed by atoms with Crippen LogP contribution in [0.4, 0.5) is 19.0 Å². The standard InChI is InChI=1S/C17H15ClF3N3O3/c1-26-10-4-3-9(12(5-10)27-2)7-24-13(25)6-11(17(19,20)21)14-15(18)22-8-23-16(14)24/h3-5,8,11H,6-7H2,1-2H3. The van der Waals surface area contributed by atoms with Crippen LogP contribution in [0.3, 0.4) is 0 Å². The van der Waals surface area contributed by atoms with E-state index in [0.29, 0.717) is 17.1 Å². The number of aromatic nitrogens is 2. The third-order valence-corrected chi connectivity index (χ3v) is 4.62. The van der Waals surface area contributed by atoms with E-state index in [-0.39, 0.29) is 23.1 Å². The molecule has 0 saturated heterocycles. The molecule has 1 aliphatic heterocycles. The molecule has 2 aromatic rings. The van der Waals surface area contributed by atoms with E-state index in [4.69, 9.17) is 21.1 Å². The number of carbonyl (C=O) groups excluding carboxylic acids is 1. The van der Waals surface area contributed by atoms with E-state index in [1.807, 2.05) is 0 Å². The Morgan fingerprint density at radius 2 is 2.00 bits per heavy atom. The first-order valence-electron chi connectivity index (χ1n) is 7.84. The third-order valence-electron chi connectivity index (χ3n) is 4.32. The van der Waals surface area contributed by atoms with Crippen molar-refractivity contribution in [2.24, 2.45) is 0 Å². The van der Waals surface area contributed by atoms with Gasteiger partial charge in [-0.2, -0.15) is 13.2 Å². The summed E-state index contributed by atoms with van der Waals surface area (Å²) in [5.41, 5.74) is 0.288. The van der Waals surface area contributed by atoms with E-state index in [9.17, 15) is 18.0 Å². The molecule has 0 spiro atoms. The number of alkyl halides is 3. The van der Waals surface area contributed by atoms with E-state index in [2.05, 4.69) is 9.97 Å². The second kappa shape index (κ2) is 7.22. The lowest BCUT2D eigenvalue weighted by molar-refractivity contribution is -0.157. The van der Waals surface area contributed by atoms with Crippen LogP contribution in [-0.2, 0) is 11.3 Å². The number of hydrogen-bond donors (Lipinski definition) is 0. The Morgan fingerprint density at radius 3 is 2.63 bits per heavy atom. The van der Waals surface area contributed by atoms with Crippen molar-refractivity contribution >= 4 is 23.3 Å². The molecular weight excluding hydrogens is 387 g/mol. The lowest BCUT2D eigenvalue weighted by Crippen LogP contribution is -2.41. The Hall–Kier alpha value is -2.55. The molecule has 6 nitrogen and oxygen atoms in total. The van der Waals surface area contributed by atoms with Gasteiger partial charge in [0.05, 0.1) is 26.7 Å². The smallest absolute Gasteiger partial charge is 0.396 e. The van der Waals surface area contributed by atoms with Gasteiger partial charge in [-0.15, -0.1) is 0 Å². The molecule has 0 saturated carbocycles. The molecule has 1 atom stereocenters. The first-order valence-corrected chi connectivity index (χ1v) is 8.22. The van der Waals surface area contributed by atoms with Crippen LogP contribution in [0.5, 0.6) is 11.5 Å².